The van der Waals surface area contributed by atoms with E-state index in [-0.39, 0.29) is 0 Å². The van der Waals surface area contributed by atoms with Gasteiger partial charge in [-0.15, -0.1) is 0 Å². The standard InChI is InChI=1S/C14H23NO/c1-3-6-14(7-4-8-14)11-15-10-13-12(2)5-9-16-13/h5,9,15H,3-4,6-8,10-11H2,1-2H3. The molecule has 0 amide bonds. The van der Waals surface area contributed by atoms with Crippen LogP contribution in [0.2, 0.25) is 0 Å². The average Bonchev–Trinajstić information content (AvgIpc) is 2.61. The molecule has 0 bridgehead atoms. The van der Waals surface area contributed by atoms with Gasteiger partial charge in [-0.05, 0) is 43.2 Å². The van der Waals surface area contributed by atoms with Crippen molar-refractivity contribution in [1.82, 2.24) is 5.32 Å². The van der Waals surface area contributed by atoms with E-state index in [4.69, 9.17) is 4.42 Å². The summed E-state index contributed by atoms with van der Waals surface area (Å²) in [5.41, 5.74) is 1.86. The van der Waals surface area contributed by atoms with Crippen molar-refractivity contribution in [1.29, 1.82) is 0 Å². The Balaban J connectivity index is 1.77. The average molecular weight is 221 g/mol. The zero-order valence-electron chi connectivity index (χ0n) is 10.5. The molecule has 0 aliphatic heterocycles. The first-order valence-corrected chi connectivity index (χ1v) is 6.49. The second-order valence-corrected chi connectivity index (χ2v) is 5.23. The van der Waals surface area contributed by atoms with Crippen LogP contribution in [0.3, 0.4) is 0 Å². The summed E-state index contributed by atoms with van der Waals surface area (Å²) in [5.74, 6) is 1.09. The molecule has 1 saturated carbocycles. The Labute approximate surface area is 98.4 Å². The van der Waals surface area contributed by atoms with Gasteiger partial charge in [0.2, 0.25) is 0 Å². The summed E-state index contributed by atoms with van der Waals surface area (Å²) in [5, 5.41) is 3.56. The van der Waals surface area contributed by atoms with E-state index in [0.717, 1.165) is 18.8 Å². The third-order valence-electron chi connectivity index (χ3n) is 3.95. The van der Waals surface area contributed by atoms with Crippen LogP contribution in [-0.2, 0) is 6.54 Å². The quantitative estimate of drug-likeness (QED) is 0.793. The fourth-order valence-corrected chi connectivity index (χ4v) is 2.75. The number of rotatable bonds is 6. The molecule has 1 aromatic heterocycles. The highest BCUT2D eigenvalue weighted by atomic mass is 16.3. The molecule has 1 aromatic rings. The largest absolute Gasteiger partial charge is 0.468 e. The first-order valence-electron chi connectivity index (χ1n) is 6.49. The first kappa shape index (κ1) is 11.7. The number of furan rings is 1. The number of hydrogen-bond donors (Lipinski definition) is 1. The van der Waals surface area contributed by atoms with E-state index in [2.05, 4.69) is 19.2 Å². The number of hydrogen-bond acceptors (Lipinski definition) is 2. The van der Waals surface area contributed by atoms with Crippen LogP contribution in [0.1, 0.15) is 50.4 Å². The Morgan fingerprint density at radius 3 is 2.75 bits per heavy atom. The topological polar surface area (TPSA) is 25.2 Å². The van der Waals surface area contributed by atoms with Gasteiger partial charge in [0.1, 0.15) is 5.76 Å². The SMILES string of the molecule is CCCC1(CNCc2occc2C)CCC1. The molecule has 1 heterocycles. The molecule has 16 heavy (non-hydrogen) atoms. The third-order valence-corrected chi connectivity index (χ3v) is 3.95. The lowest BCUT2D eigenvalue weighted by Gasteiger charge is -2.42. The van der Waals surface area contributed by atoms with Crippen molar-refractivity contribution in [3.05, 3.63) is 23.7 Å². The van der Waals surface area contributed by atoms with Gasteiger partial charge in [-0.2, -0.15) is 0 Å². The predicted octanol–water partition coefficient (Wildman–Crippen LogP) is 3.65. The molecule has 0 radical (unpaired) electrons. The van der Waals surface area contributed by atoms with Crippen molar-refractivity contribution in [3.8, 4) is 0 Å². The summed E-state index contributed by atoms with van der Waals surface area (Å²) < 4.78 is 5.43. The van der Waals surface area contributed by atoms with Crippen LogP contribution in [0.25, 0.3) is 0 Å². The third kappa shape index (κ3) is 2.49. The molecular formula is C14H23NO. The van der Waals surface area contributed by atoms with Crippen LogP contribution in [0.15, 0.2) is 16.7 Å². The number of aryl methyl sites for hydroxylation is 1. The maximum absolute atomic E-state index is 5.43. The van der Waals surface area contributed by atoms with Gasteiger partial charge in [0, 0.05) is 6.54 Å². The minimum atomic E-state index is 0.606. The molecule has 0 aromatic carbocycles. The highest BCUT2D eigenvalue weighted by Crippen LogP contribution is 2.44. The Bertz CT molecular complexity index is 325. The van der Waals surface area contributed by atoms with E-state index in [0.29, 0.717) is 5.41 Å². The summed E-state index contributed by atoms with van der Waals surface area (Å²) in [6.07, 6.45) is 8.69. The molecule has 2 heteroatoms. The molecule has 90 valence electrons. The van der Waals surface area contributed by atoms with Gasteiger partial charge in [-0.1, -0.05) is 19.8 Å². The maximum Gasteiger partial charge on any atom is 0.120 e. The zero-order chi connectivity index (χ0) is 11.4. The Hall–Kier alpha value is -0.760. The van der Waals surface area contributed by atoms with E-state index >= 15 is 0 Å². The Kier molecular flexibility index (Phi) is 3.70. The lowest BCUT2D eigenvalue weighted by molar-refractivity contribution is 0.114. The lowest BCUT2D eigenvalue weighted by atomic mass is 9.66. The second-order valence-electron chi connectivity index (χ2n) is 5.23. The van der Waals surface area contributed by atoms with Crippen molar-refractivity contribution in [3.63, 3.8) is 0 Å². The molecule has 2 nitrogen and oxygen atoms in total. The van der Waals surface area contributed by atoms with Crippen LogP contribution < -0.4 is 5.32 Å². The first-order chi connectivity index (χ1) is 7.76. The smallest absolute Gasteiger partial charge is 0.120 e. The van der Waals surface area contributed by atoms with Gasteiger partial charge in [0.15, 0.2) is 0 Å². The summed E-state index contributed by atoms with van der Waals surface area (Å²) in [7, 11) is 0. The summed E-state index contributed by atoms with van der Waals surface area (Å²) in [6, 6.07) is 2.03. The van der Waals surface area contributed by atoms with Crippen molar-refractivity contribution in [2.24, 2.45) is 5.41 Å². The minimum absolute atomic E-state index is 0.606. The maximum atomic E-state index is 5.43. The van der Waals surface area contributed by atoms with Gasteiger partial charge in [-0.25, -0.2) is 0 Å². The molecule has 0 unspecified atom stereocenters. The highest BCUT2D eigenvalue weighted by Gasteiger charge is 2.35. The van der Waals surface area contributed by atoms with Gasteiger partial charge >= 0.3 is 0 Å². The summed E-state index contributed by atoms with van der Waals surface area (Å²) in [4.78, 5) is 0. The minimum Gasteiger partial charge on any atom is -0.468 e. The Morgan fingerprint density at radius 1 is 1.44 bits per heavy atom. The fraction of sp³-hybridized carbons (Fsp3) is 0.714. The van der Waals surface area contributed by atoms with Crippen molar-refractivity contribution < 1.29 is 4.42 Å². The van der Waals surface area contributed by atoms with E-state index < -0.39 is 0 Å². The van der Waals surface area contributed by atoms with E-state index in [9.17, 15) is 0 Å². The Morgan fingerprint density at radius 2 is 2.25 bits per heavy atom. The van der Waals surface area contributed by atoms with Crippen molar-refractivity contribution in [2.45, 2.75) is 52.5 Å². The lowest BCUT2D eigenvalue weighted by Crippen LogP contribution is -2.39. The highest BCUT2D eigenvalue weighted by molar-refractivity contribution is 5.14. The molecule has 0 spiro atoms. The normalized spacial score (nSPS) is 18.4. The molecule has 0 atom stereocenters. The predicted molar refractivity (Wildman–Crippen MR) is 66.3 cm³/mol. The zero-order valence-corrected chi connectivity index (χ0v) is 10.5. The van der Waals surface area contributed by atoms with Gasteiger partial charge in [0.05, 0.1) is 12.8 Å². The monoisotopic (exact) mass is 221 g/mol. The molecule has 1 aliphatic rings. The molecule has 2 rings (SSSR count). The van der Waals surface area contributed by atoms with Gasteiger partial charge in [0.25, 0.3) is 0 Å². The van der Waals surface area contributed by atoms with E-state index in [1.54, 1.807) is 6.26 Å². The fourth-order valence-electron chi connectivity index (χ4n) is 2.75. The van der Waals surface area contributed by atoms with Crippen LogP contribution in [-0.4, -0.2) is 6.54 Å². The summed E-state index contributed by atoms with van der Waals surface area (Å²) in [6.45, 7) is 6.42. The van der Waals surface area contributed by atoms with Crippen molar-refractivity contribution in [2.75, 3.05) is 6.54 Å². The molecular weight excluding hydrogens is 198 g/mol. The molecule has 1 N–H and O–H groups in total. The molecule has 0 saturated heterocycles. The van der Waals surface area contributed by atoms with Crippen LogP contribution in [0.5, 0.6) is 0 Å². The van der Waals surface area contributed by atoms with E-state index in [1.165, 1.54) is 37.7 Å². The van der Waals surface area contributed by atoms with Crippen LogP contribution in [0, 0.1) is 12.3 Å². The van der Waals surface area contributed by atoms with Crippen LogP contribution in [0.4, 0.5) is 0 Å². The second kappa shape index (κ2) is 5.05. The molecule has 1 aliphatic carbocycles. The molecule has 1 fully saturated rings. The van der Waals surface area contributed by atoms with Crippen molar-refractivity contribution >= 4 is 0 Å². The summed E-state index contributed by atoms with van der Waals surface area (Å²) >= 11 is 0. The van der Waals surface area contributed by atoms with Gasteiger partial charge in [-0.3, -0.25) is 0 Å². The van der Waals surface area contributed by atoms with Crippen LogP contribution >= 0.6 is 0 Å². The number of nitrogens with one attached hydrogen (secondary N) is 1. The van der Waals surface area contributed by atoms with E-state index in [1.807, 2.05) is 6.07 Å². The van der Waals surface area contributed by atoms with Gasteiger partial charge < -0.3 is 9.73 Å².